The lowest BCUT2D eigenvalue weighted by atomic mass is 10.00. The quantitative estimate of drug-likeness (QED) is 0.282. The molecule has 2 N–H and O–H groups in total. The third-order valence-corrected chi connectivity index (χ3v) is 7.89. The van der Waals surface area contributed by atoms with Crippen molar-refractivity contribution in [3.05, 3.63) is 119 Å². The molecular formula is C34H27N5O2. The summed E-state index contributed by atoms with van der Waals surface area (Å²) in [6.07, 6.45) is 0.743. The van der Waals surface area contributed by atoms with Gasteiger partial charge < -0.3 is 15.1 Å². The lowest BCUT2D eigenvalue weighted by Crippen LogP contribution is -2.46. The molecule has 7 nitrogen and oxygen atoms in total. The molecule has 3 heterocycles. The third kappa shape index (κ3) is 4.70. The Hall–Kier alpha value is -5.35. The molecule has 1 aromatic heterocycles. The monoisotopic (exact) mass is 537 g/mol. The first-order valence-electron chi connectivity index (χ1n) is 13.7. The van der Waals surface area contributed by atoms with E-state index < -0.39 is 0 Å². The van der Waals surface area contributed by atoms with Crippen LogP contribution in [0.4, 0.5) is 10.5 Å². The molecule has 1 saturated heterocycles. The van der Waals surface area contributed by atoms with Crippen molar-refractivity contribution in [3.63, 3.8) is 0 Å². The second-order valence-corrected chi connectivity index (χ2v) is 10.4. The predicted molar refractivity (Wildman–Crippen MR) is 159 cm³/mol. The van der Waals surface area contributed by atoms with Gasteiger partial charge in [0.1, 0.15) is 5.69 Å². The highest BCUT2D eigenvalue weighted by Crippen LogP contribution is 2.28. The zero-order chi connectivity index (χ0) is 27.8. The Morgan fingerprint density at radius 2 is 1.71 bits per heavy atom. The van der Waals surface area contributed by atoms with Crippen LogP contribution in [-0.2, 0) is 6.54 Å². The van der Waals surface area contributed by atoms with Crippen molar-refractivity contribution in [3.8, 4) is 23.0 Å². The minimum Gasteiger partial charge on any atom is -0.337 e. The number of fused-ring (bicyclic) bond motifs is 2. The van der Waals surface area contributed by atoms with E-state index in [9.17, 15) is 9.59 Å². The molecule has 2 aliphatic rings. The number of nitrogens with zero attached hydrogens (tertiary/aromatic N) is 3. The average Bonchev–Trinajstić information content (AvgIpc) is 3.67. The molecule has 0 spiro atoms. The van der Waals surface area contributed by atoms with Crippen LogP contribution in [0.2, 0.25) is 0 Å². The number of hydrogen-bond acceptors (Lipinski definition) is 3. The molecular weight excluding hydrogens is 510 g/mol. The number of para-hydroxylation sites is 1. The van der Waals surface area contributed by atoms with E-state index in [-0.39, 0.29) is 18.0 Å². The number of aromatic amines is 1. The van der Waals surface area contributed by atoms with Gasteiger partial charge in [0.15, 0.2) is 0 Å². The summed E-state index contributed by atoms with van der Waals surface area (Å²) in [6, 6.07) is 31.5. The van der Waals surface area contributed by atoms with Gasteiger partial charge in [0.05, 0.1) is 11.6 Å². The summed E-state index contributed by atoms with van der Waals surface area (Å²) >= 11 is 0. The number of likely N-dealkylation sites (tertiary alicyclic amines) is 1. The van der Waals surface area contributed by atoms with Crippen LogP contribution in [0.3, 0.4) is 0 Å². The summed E-state index contributed by atoms with van der Waals surface area (Å²) in [5, 5.41) is 11.2. The number of nitrogens with one attached hydrogen (secondary N) is 2. The van der Waals surface area contributed by atoms with Crippen molar-refractivity contribution in [1.82, 2.24) is 20.0 Å². The summed E-state index contributed by atoms with van der Waals surface area (Å²) < 4.78 is 0. The van der Waals surface area contributed by atoms with Gasteiger partial charge in [-0.05, 0) is 59.4 Å². The SMILES string of the molecule is O=C(c1ccc2n[nH]c(C#Cc3ccccc3-c3ccccc3)c2c1)N1CCC(N2Cc3ccccc3NC2=O)C1. The number of urea groups is 1. The molecule has 200 valence electrons. The van der Waals surface area contributed by atoms with Gasteiger partial charge in [-0.2, -0.15) is 5.10 Å². The molecule has 4 aromatic carbocycles. The van der Waals surface area contributed by atoms with Gasteiger partial charge >= 0.3 is 6.03 Å². The zero-order valence-corrected chi connectivity index (χ0v) is 22.3. The number of H-pyrrole nitrogens is 1. The number of aromatic nitrogens is 2. The molecule has 1 fully saturated rings. The Balaban J connectivity index is 1.11. The van der Waals surface area contributed by atoms with Gasteiger partial charge in [-0.25, -0.2) is 4.79 Å². The Labute approximate surface area is 237 Å². The maximum absolute atomic E-state index is 13.6. The van der Waals surface area contributed by atoms with E-state index in [1.54, 1.807) is 0 Å². The number of benzene rings is 4. The zero-order valence-electron chi connectivity index (χ0n) is 22.3. The van der Waals surface area contributed by atoms with Crippen molar-refractivity contribution in [2.75, 3.05) is 18.4 Å². The van der Waals surface area contributed by atoms with Gasteiger partial charge in [-0.3, -0.25) is 9.89 Å². The second kappa shape index (κ2) is 10.3. The first-order chi connectivity index (χ1) is 20.1. The number of hydrogen-bond donors (Lipinski definition) is 2. The fourth-order valence-electron chi connectivity index (χ4n) is 5.71. The Morgan fingerprint density at radius 3 is 2.61 bits per heavy atom. The van der Waals surface area contributed by atoms with E-state index in [1.165, 1.54) is 0 Å². The highest BCUT2D eigenvalue weighted by Gasteiger charge is 2.35. The highest BCUT2D eigenvalue weighted by atomic mass is 16.2. The van der Waals surface area contributed by atoms with Crippen molar-refractivity contribution in [2.24, 2.45) is 0 Å². The standard InChI is InChI=1S/C34H27N5O2/c40-33(38-19-18-27(22-38)39-21-26-11-5-7-13-30(26)35-34(39)41)25-15-17-32-29(20-25)31(36-37-32)16-14-24-10-4-6-12-28(24)23-8-2-1-3-9-23/h1-13,15,17,20,27H,18-19,21-22H2,(H,35,41)(H,36,37). The van der Waals surface area contributed by atoms with Gasteiger partial charge in [0, 0.05) is 41.8 Å². The number of carbonyl (C=O) groups is 2. The Kier molecular flexibility index (Phi) is 6.21. The van der Waals surface area contributed by atoms with Crippen LogP contribution < -0.4 is 5.32 Å². The molecule has 7 rings (SSSR count). The van der Waals surface area contributed by atoms with Gasteiger partial charge in [0.2, 0.25) is 0 Å². The van der Waals surface area contributed by atoms with E-state index in [0.717, 1.165) is 45.3 Å². The number of rotatable bonds is 3. The van der Waals surface area contributed by atoms with Crippen LogP contribution in [0, 0.1) is 11.8 Å². The molecule has 0 bridgehead atoms. The molecule has 1 unspecified atom stereocenters. The van der Waals surface area contributed by atoms with Gasteiger partial charge in [0.25, 0.3) is 5.91 Å². The lowest BCUT2D eigenvalue weighted by molar-refractivity contribution is 0.0780. The normalized spacial score (nSPS) is 16.2. The average molecular weight is 538 g/mol. The molecule has 2 aliphatic heterocycles. The number of anilines is 1. The molecule has 7 heteroatoms. The van der Waals surface area contributed by atoms with Crippen LogP contribution in [0.5, 0.6) is 0 Å². The molecule has 3 amide bonds. The van der Waals surface area contributed by atoms with E-state index in [0.29, 0.717) is 30.9 Å². The smallest absolute Gasteiger partial charge is 0.322 e. The van der Waals surface area contributed by atoms with E-state index in [2.05, 4.69) is 45.6 Å². The minimum atomic E-state index is -0.111. The van der Waals surface area contributed by atoms with E-state index in [4.69, 9.17) is 0 Å². The summed E-state index contributed by atoms with van der Waals surface area (Å²) in [7, 11) is 0. The second-order valence-electron chi connectivity index (χ2n) is 10.4. The molecule has 0 aliphatic carbocycles. The topological polar surface area (TPSA) is 81.3 Å². The van der Waals surface area contributed by atoms with Gasteiger partial charge in [-0.1, -0.05) is 72.7 Å². The minimum absolute atomic E-state index is 0.0314. The third-order valence-electron chi connectivity index (χ3n) is 7.89. The molecule has 0 saturated carbocycles. The maximum Gasteiger partial charge on any atom is 0.322 e. The summed E-state index contributed by atoms with van der Waals surface area (Å²) in [5.41, 5.74) is 7.04. The van der Waals surface area contributed by atoms with Crippen molar-refractivity contribution in [1.29, 1.82) is 0 Å². The molecule has 0 radical (unpaired) electrons. The molecule has 41 heavy (non-hydrogen) atoms. The Bertz CT molecular complexity index is 1850. The van der Waals surface area contributed by atoms with E-state index >= 15 is 0 Å². The molecule has 1 atom stereocenters. The lowest BCUT2D eigenvalue weighted by Gasteiger charge is -2.33. The number of carbonyl (C=O) groups excluding carboxylic acids is 2. The fraction of sp³-hybridized carbons (Fsp3) is 0.147. The largest absolute Gasteiger partial charge is 0.337 e. The summed E-state index contributed by atoms with van der Waals surface area (Å²) in [4.78, 5) is 30.0. The fourth-order valence-corrected chi connectivity index (χ4v) is 5.71. The maximum atomic E-state index is 13.6. The first kappa shape index (κ1) is 24.7. The van der Waals surface area contributed by atoms with Crippen LogP contribution in [-0.4, -0.2) is 51.1 Å². The summed E-state index contributed by atoms with van der Waals surface area (Å²) in [6.45, 7) is 1.65. The first-order valence-corrected chi connectivity index (χ1v) is 13.7. The highest BCUT2D eigenvalue weighted by molar-refractivity contribution is 5.99. The van der Waals surface area contributed by atoms with Crippen molar-refractivity contribution >= 4 is 28.5 Å². The van der Waals surface area contributed by atoms with E-state index in [1.807, 2.05) is 88.7 Å². The van der Waals surface area contributed by atoms with Crippen LogP contribution in [0.25, 0.3) is 22.0 Å². The number of amides is 3. The van der Waals surface area contributed by atoms with Gasteiger partial charge in [-0.15, -0.1) is 0 Å². The predicted octanol–water partition coefficient (Wildman–Crippen LogP) is 5.89. The van der Waals surface area contributed by atoms with Crippen LogP contribution in [0.15, 0.2) is 97.1 Å². The van der Waals surface area contributed by atoms with Crippen molar-refractivity contribution < 1.29 is 9.59 Å². The molecule has 5 aromatic rings. The van der Waals surface area contributed by atoms with Crippen LogP contribution in [0.1, 0.15) is 33.6 Å². The van der Waals surface area contributed by atoms with Crippen LogP contribution >= 0.6 is 0 Å². The van der Waals surface area contributed by atoms with Crippen molar-refractivity contribution in [2.45, 2.75) is 19.0 Å². The Morgan fingerprint density at radius 1 is 0.902 bits per heavy atom. The summed E-state index contributed by atoms with van der Waals surface area (Å²) in [5.74, 6) is 6.50.